The van der Waals surface area contributed by atoms with Crippen LogP contribution in [0.1, 0.15) is 273 Å². The summed E-state index contributed by atoms with van der Waals surface area (Å²) in [7, 11) is -9.86. The first-order chi connectivity index (χ1) is 36.4. The molecule has 76 heavy (non-hydrogen) atoms. The number of carbonyl (C=O) groups excluding carboxylic acids is 4. The lowest BCUT2D eigenvalue weighted by atomic mass is 10.0. The number of hydrogen-bond donors (Lipinski definition) is 3. The van der Waals surface area contributed by atoms with Crippen molar-refractivity contribution < 1.29 is 80.2 Å². The Morgan fingerprint density at radius 1 is 0.355 bits per heavy atom. The summed E-state index contributed by atoms with van der Waals surface area (Å²) >= 11 is 0. The summed E-state index contributed by atoms with van der Waals surface area (Å²) in [6.07, 6.45) is 29.8. The lowest BCUT2D eigenvalue weighted by Gasteiger charge is -2.21. The molecule has 0 aliphatic rings. The third-order valence-corrected chi connectivity index (χ3v) is 14.9. The molecule has 5 atom stereocenters. The minimum atomic E-state index is -4.94. The molecule has 0 spiro atoms. The normalized spacial score (nSPS) is 14.5. The number of phosphoric acid groups is 2. The molecule has 0 fully saturated rings. The number of esters is 4. The van der Waals surface area contributed by atoms with Gasteiger partial charge in [-0.05, 0) is 37.5 Å². The van der Waals surface area contributed by atoms with Crippen LogP contribution < -0.4 is 0 Å². The van der Waals surface area contributed by atoms with Crippen molar-refractivity contribution >= 4 is 39.5 Å². The van der Waals surface area contributed by atoms with Crippen LogP contribution in [0.3, 0.4) is 0 Å². The zero-order chi connectivity index (χ0) is 56.6. The van der Waals surface area contributed by atoms with Crippen molar-refractivity contribution in [1.29, 1.82) is 0 Å². The predicted molar refractivity (Wildman–Crippen MR) is 298 cm³/mol. The van der Waals surface area contributed by atoms with Gasteiger partial charge in [-0.15, -0.1) is 0 Å². The van der Waals surface area contributed by atoms with E-state index in [-0.39, 0.29) is 25.7 Å². The van der Waals surface area contributed by atoms with Crippen LogP contribution in [-0.4, -0.2) is 96.7 Å². The van der Waals surface area contributed by atoms with Crippen LogP contribution in [0.25, 0.3) is 0 Å². The number of phosphoric ester groups is 2. The van der Waals surface area contributed by atoms with Gasteiger partial charge >= 0.3 is 39.5 Å². The maximum absolute atomic E-state index is 12.9. The second-order valence-electron chi connectivity index (χ2n) is 21.6. The van der Waals surface area contributed by atoms with E-state index in [0.717, 1.165) is 108 Å². The number of aliphatic hydroxyl groups excluding tert-OH is 1. The van der Waals surface area contributed by atoms with Gasteiger partial charge < -0.3 is 33.8 Å². The van der Waals surface area contributed by atoms with Crippen molar-refractivity contribution in [2.45, 2.75) is 291 Å². The highest BCUT2D eigenvalue weighted by atomic mass is 31.2. The third-order valence-electron chi connectivity index (χ3n) is 13.0. The van der Waals surface area contributed by atoms with Gasteiger partial charge in [-0.1, -0.05) is 221 Å². The minimum Gasteiger partial charge on any atom is -0.462 e. The molecule has 0 aliphatic carbocycles. The predicted octanol–water partition coefficient (Wildman–Crippen LogP) is 14.9. The van der Waals surface area contributed by atoms with Gasteiger partial charge in [0, 0.05) is 25.7 Å². The fraction of sp³-hybridized carbons (Fsp3) is 0.930. The molecule has 2 unspecified atom stereocenters. The van der Waals surface area contributed by atoms with Crippen molar-refractivity contribution in [3.05, 3.63) is 0 Å². The molecule has 0 aliphatic heterocycles. The second-order valence-corrected chi connectivity index (χ2v) is 24.5. The summed E-state index contributed by atoms with van der Waals surface area (Å²) in [5.41, 5.74) is 0. The van der Waals surface area contributed by atoms with Crippen LogP contribution in [0.15, 0.2) is 0 Å². The Morgan fingerprint density at radius 3 is 0.895 bits per heavy atom. The lowest BCUT2D eigenvalue weighted by molar-refractivity contribution is -0.161. The first-order valence-electron chi connectivity index (χ1n) is 30.0. The maximum Gasteiger partial charge on any atom is 0.472 e. The van der Waals surface area contributed by atoms with Gasteiger partial charge in [0.05, 0.1) is 26.4 Å². The Bertz CT molecular complexity index is 1510. The quantitative estimate of drug-likeness (QED) is 0.0222. The second kappa shape index (κ2) is 50.1. The van der Waals surface area contributed by atoms with Gasteiger partial charge in [0.1, 0.15) is 19.3 Å². The Balaban J connectivity index is 5.19. The molecule has 17 nitrogen and oxygen atoms in total. The van der Waals surface area contributed by atoms with E-state index >= 15 is 0 Å². The van der Waals surface area contributed by atoms with Crippen LogP contribution in [0.2, 0.25) is 0 Å². The molecule has 0 saturated heterocycles. The highest BCUT2D eigenvalue weighted by Crippen LogP contribution is 2.45. The van der Waals surface area contributed by atoms with Crippen LogP contribution >= 0.6 is 15.6 Å². The molecule has 0 aromatic rings. The summed E-state index contributed by atoms with van der Waals surface area (Å²) in [5.74, 6) is -0.713. The molecule has 19 heteroatoms. The first-order valence-corrected chi connectivity index (χ1v) is 33.0. The van der Waals surface area contributed by atoms with Gasteiger partial charge in [-0.25, -0.2) is 9.13 Å². The molecule has 0 radical (unpaired) electrons. The standard InChI is InChI=1S/C57H110O17P2/c1-7-9-11-13-14-15-23-29-35-41-56(61)73-52(45-67-54(59)39-33-25-12-10-8-2)47-71-75(63,64)69-43-51(58)44-70-76(65,66)72-48-53(74-57(62)42-36-30-24-19-17-21-27-32-38-50(5)6)46-68-55(60)40-34-28-22-18-16-20-26-31-37-49(3)4/h49-53,58H,7-48H2,1-6H3,(H,63,64)(H,65,66)/t51-,52+,53+/m0/s1. The molecule has 0 bridgehead atoms. The van der Waals surface area contributed by atoms with E-state index in [4.69, 9.17) is 37.0 Å². The summed E-state index contributed by atoms with van der Waals surface area (Å²) in [6, 6.07) is 0. The van der Waals surface area contributed by atoms with E-state index in [9.17, 15) is 43.2 Å². The number of carbonyl (C=O) groups is 4. The molecule has 0 saturated carbocycles. The number of ether oxygens (including phenoxy) is 4. The fourth-order valence-electron chi connectivity index (χ4n) is 8.29. The topological polar surface area (TPSA) is 237 Å². The average molecular weight is 1130 g/mol. The van der Waals surface area contributed by atoms with Crippen molar-refractivity contribution in [3.63, 3.8) is 0 Å². The van der Waals surface area contributed by atoms with E-state index in [1.165, 1.54) is 83.5 Å². The molecule has 0 aromatic carbocycles. The Morgan fingerprint density at radius 2 is 0.605 bits per heavy atom. The highest BCUT2D eigenvalue weighted by molar-refractivity contribution is 7.47. The van der Waals surface area contributed by atoms with E-state index in [1.807, 2.05) is 0 Å². The maximum atomic E-state index is 12.9. The largest absolute Gasteiger partial charge is 0.472 e. The van der Waals surface area contributed by atoms with Crippen LogP contribution in [0, 0.1) is 11.8 Å². The zero-order valence-corrected chi connectivity index (χ0v) is 50.3. The van der Waals surface area contributed by atoms with Gasteiger partial charge in [0.15, 0.2) is 12.2 Å². The molecule has 0 amide bonds. The van der Waals surface area contributed by atoms with E-state index < -0.39 is 97.5 Å². The van der Waals surface area contributed by atoms with Crippen LogP contribution in [0.5, 0.6) is 0 Å². The lowest BCUT2D eigenvalue weighted by Crippen LogP contribution is -2.30. The van der Waals surface area contributed by atoms with E-state index in [0.29, 0.717) is 25.7 Å². The highest BCUT2D eigenvalue weighted by Gasteiger charge is 2.30. The van der Waals surface area contributed by atoms with Crippen LogP contribution in [-0.2, 0) is 65.4 Å². The minimum absolute atomic E-state index is 0.104. The van der Waals surface area contributed by atoms with Crippen molar-refractivity contribution in [2.24, 2.45) is 11.8 Å². The number of rotatable bonds is 56. The molecule has 0 aromatic heterocycles. The average Bonchev–Trinajstić information content (AvgIpc) is 3.37. The van der Waals surface area contributed by atoms with E-state index in [1.54, 1.807) is 0 Å². The van der Waals surface area contributed by atoms with Crippen LogP contribution in [0.4, 0.5) is 0 Å². The summed E-state index contributed by atoms with van der Waals surface area (Å²) in [6.45, 7) is 9.25. The van der Waals surface area contributed by atoms with Gasteiger partial charge in [-0.2, -0.15) is 0 Å². The third kappa shape index (κ3) is 51.5. The van der Waals surface area contributed by atoms with Crippen molar-refractivity contribution in [3.8, 4) is 0 Å². The zero-order valence-electron chi connectivity index (χ0n) is 48.5. The molecule has 0 rings (SSSR count). The summed E-state index contributed by atoms with van der Waals surface area (Å²) in [5, 5.41) is 10.5. The van der Waals surface area contributed by atoms with Gasteiger partial charge in [0.25, 0.3) is 0 Å². The molecule has 450 valence electrons. The molecular formula is C57H110O17P2. The summed E-state index contributed by atoms with van der Waals surface area (Å²) < 4.78 is 67.5. The molecular weight excluding hydrogens is 1020 g/mol. The molecule has 3 N–H and O–H groups in total. The van der Waals surface area contributed by atoms with Crippen molar-refractivity contribution in [2.75, 3.05) is 39.6 Å². The SMILES string of the molecule is CCCCCCCCCCCC(=O)O[C@H](COC(=O)CCCCCCC)COP(=O)(O)OC[C@H](O)COP(=O)(O)OC[C@@H](COC(=O)CCCCCCCCCCC(C)C)OC(=O)CCCCCCCCCCC(C)C. The Kier molecular flexibility index (Phi) is 48.8. The Labute approximate surface area is 460 Å². The molecule has 0 heterocycles. The summed E-state index contributed by atoms with van der Waals surface area (Å²) in [4.78, 5) is 71.6. The number of aliphatic hydroxyl groups is 1. The fourth-order valence-corrected chi connectivity index (χ4v) is 9.87. The number of unbranched alkanes of at least 4 members (excludes halogenated alkanes) is 26. The van der Waals surface area contributed by atoms with E-state index in [2.05, 4.69) is 41.5 Å². The first kappa shape index (κ1) is 74.1. The monoisotopic (exact) mass is 1130 g/mol. The van der Waals surface area contributed by atoms with Crippen molar-refractivity contribution in [1.82, 2.24) is 0 Å². The number of hydrogen-bond acceptors (Lipinski definition) is 15. The smallest absolute Gasteiger partial charge is 0.462 e. The van der Waals surface area contributed by atoms with Gasteiger partial charge in [-0.3, -0.25) is 37.3 Å². The Hall–Kier alpha value is -1.94. The van der Waals surface area contributed by atoms with Gasteiger partial charge in [0.2, 0.25) is 0 Å².